The number of amides is 3. The third-order valence-corrected chi connectivity index (χ3v) is 5.27. The zero-order chi connectivity index (χ0) is 18.4. The molecule has 0 bridgehead atoms. The van der Waals surface area contributed by atoms with Crippen LogP contribution in [0.4, 0.5) is 4.79 Å². The fourth-order valence-electron chi connectivity index (χ4n) is 3.78. The van der Waals surface area contributed by atoms with Crippen molar-refractivity contribution in [1.82, 2.24) is 5.32 Å². The number of nitrogens with one attached hydrogen (secondary N) is 1. The SMILES string of the molecule is CC(C)[C@H]([NH2+][C@H](C)C(=O)NC(N)=O)c1ccc(C2CCCCC2)cc1. The molecule has 1 saturated carbocycles. The summed E-state index contributed by atoms with van der Waals surface area (Å²) in [6, 6.07) is 7.88. The van der Waals surface area contributed by atoms with Crippen molar-refractivity contribution >= 4 is 11.9 Å². The van der Waals surface area contributed by atoms with Crippen LogP contribution in [0.3, 0.4) is 0 Å². The van der Waals surface area contributed by atoms with Crippen molar-refractivity contribution in [3.05, 3.63) is 35.4 Å². The summed E-state index contributed by atoms with van der Waals surface area (Å²) in [6.45, 7) is 6.09. The molecule has 0 unspecified atom stereocenters. The Balaban J connectivity index is 2.06. The third kappa shape index (κ3) is 5.56. The lowest BCUT2D eigenvalue weighted by Gasteiger charge is -2.25. The maximum Gasteiger partial charge on any atom is 0.319 e. The van der Waals surface area contributed by atoms with Gasteiger partial charge in [-0.25, -0.2) is 4.79 Å². The standard InChI is InChI=1S/C20H31N3O2/c1-13(2)18(22-14(3)19(24)23-20(21)25)17-11-9-16(10-12-17)15-7-5-4-6-8-15/h9-15,18,22H,4-8H2,1-3H3,(H3,21,23,24,25)/p+1/t14-,18+/m1/s1. The van der Waals surface area contributed by atoms with E-state index in [9.17, 15) is 9.59 Å². The first kappa shape index (κ1) is 19.4. The average Bonchev–Trinajstić information content (AvgIpc) is 2.59. The van der Waals surface area contributed by atoms with Gasteiger partial charge in [-0.3, -0.25) is 10.1 Å². The summed E-state index contributed by atoms with van der Waals surface area (Å²) >= 11 is 0. The van der Waals surface area contributed by atoms with Gasteiger partial charge in [0.1, 0.15) is 6.04 Å². The van der Waals surface area contributed by atoms with Crippen molar-refractivity contribution in [2.24, 2.45) is 11.7 Å². The number of primary amides is 1. The van der Waals surface area contributed by atoms with Crippen LogP contribution < -0.4 is 16.4 Å². The van der Waals surface area contributed by atoms with Gasteiger partial charge < -0.3 is 11.1 Å². The van der Waals surface area contributed by atoms with Gasteiger partial charge in [0.2, 0.25) is 0 Å². The van der Waals surface area contributed by atoms with Crippen molar-refractivity contribution in [2.75, 3.05) is 0 Å². The van der Waals surface area contributed by atoms with Crippen LogP contribution in [0.15, 0.2) is 24.3 Å². The molecule has 0 aromatic heterocycles. The average molecular weight is 346 g/mol. The van der Waals surface area contributed by atoms with Crippen molar-refractivity contribution in [3.63, 3.8) is 0 Å². The highest BCUT2D eigenvalue weighted by Gasteiger charge is 2.26. The van der Waals surface area contributed by atoms with Gasteiger partial charge in [0.05, 0.1) is 0 Å². The molecule has 1 aliphatic carbocycles. The van der Waals surface area contributed by atoms with Gasteiger partial charge >= 0.3 is 6.03 Å². The van der Waals surface area contributed by atoms with E-state index in [-0.39, 0.29) is 18.0 Å². The Morgan fingerprint density at radius 1 is 1.08 bits per heavy atom. The first-order valence-corrected chi connectivity index (χ1v) is 9.43. The number of quaternary nitrogens is 1. The van der Waals surface area contributed by atoms with Crippen molar-refractivity contribution in [1.29, 1.82) is 0 Å². The number of hydrogen-bond donors (Lipinski definition) is 3. The Bertz CT molecular complexity index is 577. The Morgan fingerprint density at radius 2 is 1.68 bits per heavy atom. The monoisotopic (exact) mass is 346 g/mol. The van der Waals surface area contributed by atoms with E-state index >= 15 is 0 Å². The Labute approximate surface area is 150 Å². The number of carbonyl (C=O) groups is 2. The number of benzene rings is 1. The molecule has 0 heterocycles. The number of carbonyl (C=O) groups excluding carboxylic acids is 2. The summed E-state index contributed by atoms with van der Waals surface area (Å²) in [7, 11) is 0. The first-order valence-electron chi connectivity index (χ1n) is 9.43. The van der Waals surface area contributed by atoms with Crippen molar-refractivity contribution in [2.45, 2.75) is 70.9 Å². The summed E-state index contributed by atoms with van der Waals surface area (Å²) in [4.78, 5) is 22.8. The zero-order valence-corrected chi connectivity index (χ0v) is 15.6. The van der Waals surface area contributed by atoms with Gasteiger partial charge in [-0.05, 0) is 31.2 Å². The Morgan fingerprint density at radius 3 is 2.20 bits per heavy atom. The highest BCUT2D eigenvalue weighted by atomic mass is 16.2. The van der Waals surface area contributed by atoms with Crippen molar-refractivity contribution < 1.29 is 14.9 Å². The predicted octanol–water partition coefficient (Wildman–Crippen LogP) is 2.58. The van der Waals surface area contributed by atoms with Crippen LogP contribution in [0.2, 0.25) is 0 Å². The second kappa shape index (κ2) is 8.99. The molecule has 5 heteroatoms. The van der Waals surface area contributed by atoms with E-state index in [1.165, 1.54) is 43.2 Å². The second-order valence-electron chi connectivity index (χ2n) is 7.61. The van der Waals surface area contributed by atoms with Crippen LogP contribution in [0.5, 0.6) is 0 Å². The molecule has 0 aliphatic heterocycles. The normalized spacial score (nSPS) is 17.9. The fourth-order valence-corrected chi connectivity index (χ4v) is 3.78. The summed E-state index contributed by atoms with van der Waals surface area (Å²) < 4.78 is 0. The highest BCUT2D eigenvalue weighted by molar-refractivity contribution is 5.95. The van der Waals surface area contributed by atoms with E-state index in [1.54, 1.807) is 6.92 Å². The molecule has 3 amide bonds. The Hall–Kier alpha value is -1.88. The van der Waals surface area contributed by atoms with E-state index in [0.717, 1.165) is 0 Å². The topological polar surface area (TPSA) is 88.8 Å². The molecule has 1 aliphatic rings. The Kier molecular flexibility index (Phi) is 7.00. The van der Waals surface area contributed by atoms with Crippen LogP contribution in [0.25, 0.3) is 0 Å². The minimum Gasteiger partial charge on any atom is -0.351 e. The van der Waals surface area contributed by atoms with E-state index in [1.807, 2.05) is 5.32 Å². The minimum absolute atomic E-state index is 0.161. The molecule has 1 aromatic carbocycles. The molecule has 138 valence electrons. The van der Waals surface area contributed by atoms with Crippen LogP contribution in [-0.4, -0.2) is 18.0 Å². The molecule has 1 aromatic rings. The summed E-state index contributed by atoms with van der Waals surface area (Å²) in [5.74, 6) is 0.714. The largest absolute Gasteiger partial charge is 0.351 e. The van der Waals surface area contributed by atoms with Crippen LogP contribution in [0, 0.1) is 5.92 Å². The zero-order valence-electron chi connectivity index (χ0n) is 15.6. The number of rotatable bonds is 6. The number of urea groups is 1. The third-order valence-electron chi connectivity index (χ3n) is 5.27. The smallest absolute Gasteiger partial charge is 0.319 e. The number of hydrogen-bond acceptors (Lipinski definition) is 2. The first-order chi connectivity index (χ1) is 11.9. The lowest BCUT2D eigenvalue weighted by Crippen LogP contribution is -2.93. The van der Waals surface area contributed by atoms with Gasteiger partial charge in [0.15, 0.2) is 6.04 Å². The molecule has 2 rings (SSSR count). The maximum atomic E-state index is 12.0. The van der Waals surface area contributed by atoms with Gasteiger partial charge in [-0.15, -0.1) is 0 Å². The molecule has 2 atom stereocenters. The van der Waals surface area contributed by atoms with Gasteiger partial charge in [-0.1, -0.05) is 57.4 Å². The molecule has 1 fully saturated rings. The molecular weight excluding hydrogens is 314 g/mol. The molecule has 5 N–H and O–H groups in total. The molecule has 5 nitrogen and oxygen atoms in total. The molecule has 0 saturated heterocycles. The quantitative estimate of drug-likeness (QED) is 0.739. The van der Waals surface area contributed by atoms with Gasteiger partial charge in [0, 0.05) is 11.5 Å². The summed E-state index contributed by atoms with van der Waals surface area (Å²) in [5, 5.41) is 4.17. The minimum atomic E-state index is -0.803. The van der Waals surface area contributed by atoms with Gasteiger partial charge in [0.25, 0.3) is 5.91 Å². The van der Waals surface area contributed by atoms with E-state index in [2.05, 4.69) is 43.4 Å². The van der Waals surface area contributed by atoms with Crippen LogP contribution in [-0.2, 0) is 4.79 Å². The summed E-state index contributed by atoms with van der Waals surface area (Å²) in [6.07, 6.45) is 6.62. The van der Waals surface area contributed by atoms with Crippen LogP contribution >= 0.6 is 0 Å². The predicted molar refractivity (Wildman–Crippen MR) is 99.0 cm³/mol. The van der Waals surface area contributed by atoms with Gasteiger partial charge in [-0.2, -0.15) is 0 Å². The lowest BCUT2D eigenvalue weighted by atomic mass is 9.83. The molecule has 0 radical (unpaired) electrons. The van der Waals surface area contributed by atoms with E-state index < -0.39 is 6.03 Å². The van der Waals surface area contributed by atoms with Crippen LogP contribution in [0.1, 0.15) is 76.0 Å². The molecule has 25 heavy (non-hydrogen) atoms. The number of imide groups is 1. The lowest BCUT2D eigenvalue weighted by molar-refractivity contribution is -0.719. The number of nitrogens with two attached hydrogens (primary N) is 2. The maximum absolute atomic E-state index is 12.0. The highest BCUT2D eigenvalue weighted by Crippen LogP contribution is 2.33. The van der Waals surface area contributed by atoms with E-state index in [4.69, 9.17) is 5.73 Å². The fraction of sp³-hybridized carbons (Fsp3) is 0.600. The molecular formula is C20H32N3O2+. The second-order valence-corrected chi connectivity index (χ2v) is 7.61. The molecule has 0 spiro atoms. The summed E-state index contributed by atoms with van der Waals surface area (Å²) in [5.41, 5.74) is 7.69. The van der Waals surface area contributed by atoms with Crippen molar-refractivity contribution in [3.8, 4) is 0 Å². The van der Waals surface area contributed by atoms with E-state index in [0.29, 0.717) is 11.8 Å².